The van der Waals surface area contributed by atoms with E-state index < -0.39 is 5.60 Å². The number of hydrogen-bond donors (Lipinski definition) is 0. The van der Waals surface area contributed by atoms with E-state index in [1.54, 1.807) is 36.9 Å². The third kappa shape index (κ3) is 2.42. The van der Waals surface area contributed by atoms with Crippen LogP contribution in [0.25, 0.3) is 28.1 Å². The molecule has 0 bridgehead atoms. The molecule has 3 heterocycles. The highest BCUT2D eigenvalue weighted by Crippen LogP contribution is 2.30. The maximum atomic E-state index is 12.9. The van der Waals surface area contributed by atoms with Crippen molar-refractivity contribution in [3.05, 3.63) is 45.8 Å². The molecule has 4 rings (SSSR count). The number of hydrogen-bond acceptors (Lipinski definition) is 7. The number of rotatable bonds is 3. The van der Waals surface area contributed by atoms with Crippen molar-refractivity contribution in [1.29, 1.82) is 5.26 Å². The molecule has 142 valence electrons. The molecule has 10 heteroatoms. The third-order valence-corrected chi connectivity index (χ3v) is 5.09. The molecular formula is C18H15ClN6O3. The standard InChI is InChI=1S/C18H15ClN6O3/c1-9-14-13(16-22-17(23-28-16)18(2,3)27-4)21-8-24(14)12-6-5-11(19)10(7-20)15(12)25(9)26/h5-6,8H,1-4H3. The average molecular weight is 399 g/mol. The number of imidazole rings is 1. The van der Waals surface area contributed by atoms with Crippen molar-refractivity contribution in [2.75, 3.05) is 7.11 Å². The second-order valence-corrected chi connectivity index (χ2v) is 7.14. The maximum Gasteiger partial charge on any atom is 0.279 e. The number of aryl methyl sites for hydroxylation is 1. The van der Waals surface area contributed by atoms with Crippen molar-refractivity contribution in [3.63, 3.8) is 0 Å². The van der Waals surface area contributed by atoms with Crippen molar-refractivity contribution in [3.8, 4) is 17.7 Å². The first-order chi connectivity index (χ1) is 13.3. The molecule has 0 aliphatic heterocycles. The second kappa shape index (κ2) is 6.15. The highest BCUT2D eigenvalue weighted by atomic mass is 35.5. The quantitative estimate of drug-likeness (QED) is 0.384. The van der Waals surface area contributed by atoms with E-state index in [9.17, 15) is 10.5 Å². The van der Waals surface area contributed by atoms with Crippen LogP contribution in [0.4, 0.5) is 0 Å². The number of nitrogens with zero attached hydrogens (tertiary/aromatic N) is 6. The number of benzene rings is 1. The van der Waals surface area contributed by atoms with Crippen molar-refractivity contribution >= 4 is 28.2 Å². The summed E-state index contributed by atoms with van der Waals surface area (Å²) in [4.78, 5) is 8.76. The maximum absolute atomic E-state index is 12.9. The second-order valence-electron chi connectivity index (χ2n) is 6.73. The third-order valence-electron chi connectivity index (χ3n) is 4.77. The van der Waals surface area contributed by atoms with Gasteiger partial charge in [0.1, 0.15) is 34.6 Å². The number of halogens is 1. The van der Waals surface area contributed by atoms with Gasteiger partial charge < -0.3 is 14.5 Å². The monoisotopic (exact) mass is 398 g/mol. The zero-order valence-corrected chi connectivity index (χ0v) is 16.3. The van der Waals surface area contributed by atoms with Gasteiger partial charge in [-0.3, -0.25) is 4.40 Å². The summed E-state index contributed by atoms with van der Waals surface area (Å²) in [6, 6.07) is 5.23. The predicted molar refractivity (Wildman–Crippen MR) is 99.4 cm³/mol. The van der Waals surface area contributed by atoms with Gasteiger partial charge in [0.2, 0.25) is 11.5 Å². The molecule has 0 spiro atoms. The minimum Gasteiger partial charge on any atom is -0.618 e. The number of ether oxygens (including phenoxy) is 1. The predicted octanol–water partition coefficient (Wildman–Crippen LogP) is 2.89. The van der Waals surface area contributed by atoms with Gasteiger partial charge >= 0.3 is 0 Å². The molecule has 0 amide bonds. The smallest absolute Gasteiger partial charge is 0.279 e. The molecule has 0 saturated carbocycles. The van der Waals surface area contributed by atoms with Crippen LogP contribution in [0, 0.1) is 23.5 Å². The Kier molecular flexibility index (Phi) is 3.99. The Hall–Kier alpha value is -3.22. The molecule has 0 aliphatic rings. The van der Waals surface area contributed by atoms with Crippen LogP contribution in [0.3, 0.4) is 0 Å². The highest BCUT2D eigenvalue weighted by molar-refractivity contribution is 6.32. The number of aromatic nitrogens is 5. The van der Waals surface area contributed by atoms with Gasteiger partial charge in [0, 0.05) is 14.0 Å². The van der Waals surface area contributed by atoms with Gasteiger partial charge in [-0.25, -0.2) is 4.98 Å². The molecule has 0 atom stereocenters. The SMILES string of the molecule is COC(C)(C)c1noc(-c2ncn3c2c(C)[n+]([O-])c2c(C#N)c(Cl)ccc23)n1. The van der Waals surface area contributed by atoms with E-state index in [1.807, 2.05) is 19.9 Å². The van der Waals surface area contributed by atoms with E-state index in [0.29, 0.717) is 33.0 Å². The molecule has 0 N–H and O–H groups in total. The Morgan fingerprint density at radius 3 is 2.82 bits per heavy atom. The van der Waals surface area contributed by atoms with E-state index in [0.717, 1.165) is 0 Å². The highest BCUT2D eigenvalue weighted by Gasteiger charge is 2.30. The van der Waals surface area contributed by atoms with Crippen LogP contribution in [0.5, 0.6) is 0 Å². The molecule has 28 heavy (non-hydrogen) atoms. The summed E-state index contributed by atoms with van der Waals surface area (Å²) in [6.07, 6.45) is 1.54. The van der Waals surface area contributed by atoms with E-state index >= 15 is 0 Å². The van der Waals surface area contributed by atoms with Gasteiger partial charge in [-0.15, -0.1) is 0 Å². The van der Waals surface area contributed by atoms with Crippen molar-refractivity contribution < 1.29 is 14.0 Å². The van der Waals surface area contributed by atoms with Crippen molar-refractivity contribution in [2.24, 2.45) is 0 Å². The van der Waals surface area contributed by atoms with Crippen LogP contribution in [0.15, 0.2) is 23.0 Å². The normalized spacial score (nSPS) is 12.0. The molecule has 0 fully saturated rings. The average Bonchev–Trinajstić information content (AvgIpc) is 3.33. The van der Waals surface area contributed by atoms with E-state index in [1.165, 1.54) is 0 Å². The van der Waals surface area contributed by atoms with E-state index in [4.69, 9.17) is 20.9 Å². The number of nitriles is 1. The fourth-order valence-electron chi connectivity index (χ4n) is 3.01. The summed E-state index contributed by atoms with van der Waals surface area (Å²) in [7, 11) is 1.55. The molecule has 0 unspecified atom stereocenters. The Morgan fingerprint density at radius 1 is 1.39 bits per heavy atom. The summed E-state index contributed by atoms with van der Waals surface area (Å²) in [5.74, 6) is 0.526. The summed E-state index contributed by atoms with van der Waals surface area (Å²) in [5.41, 5.74) is 1.22. The van der Waals surface area contributed by atoms with Gasteiger partial charge in [-0.05, 0) is 26.0 Å². The van der Waals surface area contributed by atoms with Crippen LogP contribution in [-0.2, 0) is 10.3 Å². The van der Waals surface area contributed by atoms with Gasteiger partial charge in [-0.1, -0.05) is 16.8 Å². The lowest BCUT2D eigenvalue weighted by atomic mass is 10.1. The van der Waals surface area contributed by atoms with Crippen LogP contribution in [0.1, 0.15) is 30.9 Å². The molecule has 0 saturated heterocycles. The number of methoxy groups -OCH3 is 1. The summed E-state index contributed by atoms with van der Waals surface area (Å²) >= 11 is 6.09. The van der Waals surface area contributed by atoms with Crippen LogP contribution in [-0.4, -0.2) is 26.6 Å². The molecule has 9 nitrogen and oxygen atoms in total. The van der Waals surface area contributed by atoms with Crippen LogP contribution in [0.2, 0.25) is 5.02 Å². The first kappa shape index (κ1) is 18.2. The summed E-state index contributed by atoms with van der Waals surface area (Å²) in [6.45, 7) is 5.25. The molecule has 4 aromatic rings. The lowest BCUT2D eigenvalue weighted by Gasteiger charge is -2.17. The lowest BCUT2D eigenvalue weighted by molar-refractivity contribution is -0.583. The Morgan fingerprint density at radius 2 is 2.14 bits per heavy atom. The summed E-state index contributed by atoms with van der Waals surface area (Å²) in [5, 5.41) is 26.6. The number of fused-ring (bicyclic) bond motifs is 3. The van der Waals surface area contributed by atoms with Gasteiger partial charge in [0.15, 0.2) is 5.69 Å². The fraction of sp³-hybridized carbons (Fsp3) is 0.278. The van der Waals surface area contributed by atoms with Gasteiger partial charge in [0.05, 0.1) is 5.02 Å². The van der Waals surface area contributed by atoms with E-state index in [-0.39, 0.29) is 22.0 Å². The molecule has 1 aromatic carbocycles. The van der Waals surface area contributed by atoms with Crippen molar-refractivity contribution in [1.82, 2.24) is 19.5 Å². The Balaban J connectivity index is 2.03. The zero-order chi connectivity index (χ0) is 20.2. The topological polar surface area (TPSA) is 116 Å². The first-order valence-corrected chi connectivity index (χ1v) is 8.69. The minimum absolute atomic E-state index is 0.108. The lowest BCUT2D eigenvalue weighted by Crippen LogP contribution is -2.33. The van der Waals surface area contributed by atoms with Crippen molar-refractivity contribution in [2.45, 2.75) is 26.4 Å². The molecule has 3 aromatic heterocycles. The van der Waals surface area contributed by atoms with Gasteiger partial charge in [-0.2, -0.15) is 15.0 Å². The van der Waals surface area contributed by atoms with E-state index in [2.05, 4.69) is 15.1 Å². The molecular weight excluding hydrogens is 384 g/mol. The van der Waals surface area contributed by atoms with Crippen LogP contribution < -0.4 is 4.73 Å². The van der Waals surface area contributed by atoms with Crippen LogP contribution >= 0.6 is 11.6 Å². The largest absolute Gasteiger partial charge is 0.618 e. The fourth-order valence-corrected chi connectivity index (χ4v) is 3.21. The van der Waals surface area contributed by atoms with Gasteiger partial charge in [0.25, 0.3) is 11.4 Å². The Bertz CT molecular complexity index is 1280. The Labute approximate surface area is 164 Å². The minimum atomic E-state index is -0.740. The summed E-state index contributed by atoms with van der Waals surface area (Å²) < 4.78 is 13.1. The molecule has 0 radical (unpaired) electrons. The zero-order valence-electron chi connectivity index (χ0n) is 15.5. The first-order valence-electron chi connectivity index (χ1n) is 8.31. The molecule has 0 aliphatic carbocycles.